The van der Waals surface area contributed by atoms with Crippen LogP contribution in [0.1, 0.15) is 12.8 Å². The van der Waals surface area contributed by atoms with E-state index in [9.17, 15) is 9.59 Å². The summed E-state index contributed by atoms with van der Waals surface area (Å²) < 4.78 is 11.3. The van der Waals surface area contributed by atoms with Gasteiger partial charge in [0.15, 0.2) is 0 Å². The van der Waals surface area contributed by atoms with Crippen molar-refractivity contribution in [1.29, 1.82) is 0 Å². The number of ether oxygens (including phenoxy) is 2. The molecule has 2 fully saturated rings. The summed E-state index contributed by atoms with van der Waals surface area (Å²) >= 11 is 0. The van der Waals surface area contributed by atoms with Gasteiger partial charge in [0.1, 0.15) is 18.0 Å². The number of para-hydroxylation sites is 1. The van der Waals surface area contributed by atoms with Crippen LogP contribution in [0.3, 0.4) is 0 Å². The van der Waals surface area contributed by atoms with Gasteiger partial charge in [-0.1, -0.05) is 18.2 Å². The van der Waals surface area contributed by atoms with Crippen LogP contribution in [-0.2, 0) is 9.53 Å². The highest BCUT2D eigenvalue weighted by Gasteiger charge is 2.47. The summed E-state index contributed by atoms with van der Waals surface area (Å²) in [7, 11) is 1.76. The normalized spacial score (nSPS) is 18.4. The van der Waals surface area contributed by atoms with E-state index in [1.807, 2.05) is 35.2 Å². The van der Waals surface area contributed by atoms with E-state index < -0.39 is 5.60 Å². The number of amides is 2. The van der Waals surface area contributed by atoms with Gasteiger partial charge in [-0.2, -0.15) is 0 Å². The summed E-state index contributed by atoms with van der Waals surface area (Å²) in [5.41, 5.74) is -0.458. The second-order valence-corrected chi connectivity index (χ2v) is 6.55. The Balaban J connectivity index is 0.00000243. The summed E-state index contributed by atoms with van der Waals surface area (Å²) in [6, 6.07) is 9.54. The van der Waals surface area contributed by atoms with Crippen LogP contribution < -0.4 is 10.1 Å². The molecule has 3 rings (SSSR count). The summed E-state index contributed by atoms with van der Waals surface area (Å²) in [5.74, 6) is 0.885. The molecule has 2 saturated heterocycles. The quantitative estimate of drug-likeness (QED) is 0.806. The average Bonchev–Trinajstić information content (AvgIpc) is 2.92. The third-order valence-electron chi connectivity index (χ3n) is 4.77. The third kappa shape index (κ3) is 4.80. The molecule has 1 aromatic rings. The van der Waals surface area contributed by atoms with Gasteiger partial charge in [-0.3, -0.25) is 4.79 Å². The van der Waals surface area contributed by atoms with Crippen LogP contribution in [-0.4, -0.2) is 73.8 Å². The second kappa shape index (κ2) is 9.09. The van der Waals surface area contributed by atoms with Crippen molar-refractivity contribution in [2.75, 3.05) is 46.4 Å². The van der Waals surface area contributed by atoms with Crippen molar-refractivity contribution in [3.8, 4) is 5.75 Å². The fourth-order valence-corrected chi connectivity index (χ4v) is 3.34. The molecule has 1 spiro atoms. The van der Waals surface area contributed by atoms with Gasteiger partial charge in [0, 0.05) is 25.9 Å². The summed E-state index contributed by atoms with van der Waals surface area (Å²) in [5, 5.41) is 2.88. The molecule has 2 aliphatic rings. The van der Waals surface area contributed by atoms with Crippen LogP contribution in [0.2, 0.25) is 0 Å². The number of piperidine rings is 1. The summed E-state index contributed by atoms with van der Waals surface area (Å²) in [4.78, 5) is 27.6. The fraction of sp³-hybridized carbons (Fsp3) is 0.556. The maximum atomic E-state index is 12.2. The molecule has 0 atom stereocenters. The van der Waals surface area contributed by atoms with Crippen molar-refractivity contribution in [1.82, 2.24) is 15.1 Å². The number of nitrogens with one attached hydrogen (secondary N) is 1. The van der Waals surface area contributed by atoms with Crippen molar-refractivity contribution >= 4 is 24.4 Å². The molecule has 0 saturated carbocycles. The van der Waals surface area contributed by atoms with E-state index >= 15 is 0 Å². The number of likely N-dealkylation sites (N-methyl/N-ethyl adjacent to an activating group) is 1. The Morgan fingerprint density at radius 2 is 1.96 bits per heavy atom. The highest BCUT2D eigenvalue weighted by molar-refractivity contribution is 5.85. The maximum absolute atomic E-state index is 12.2. The lowest BCUT2D eigenvalue weighted by Crippen LogP contribution is -2.50. The molecule has 2 amide bonds. The molecule has 1 aromatic carbocycles. The lowest BCUT2D eigenvalue weighted by atomic mass is 9.91. The first-order valence-corrected chi connectivity index (χ1v) is 8.70. The van der Waals surface area contributed by atoms with Crippen LogP contribution in [0.15, 0.2) is 30.3 Å². The van der Waals surface area contributed by atoms with Gasteiger partial charge in [-0.15, -0.1) is 12.4 Å². The molecule has 0 aliphatic carbocycles. The van der Waals surface area contributed by atoms with Crippen molar-refractivity contribution < 1.29 is 19.1 Å². The molecule has 144 valence electrons. The summed E-state index contributed by atoms with van der Waals surface area (Å²) in [6.45, 7) is 3.10. The van der Waals surface area contributed by atoms with E-state index in [0.29, 0.717) is 52.2 Å². The van der Waals surface area contributed by atoms with Gasteiger partial charge in [0.2, 0.25) is 5.91 Å². The fourth-order valence-electron chi connectivity index (χ4n) is 3.34. The van der Waals surface area contributed by atoms with E-state index in [1.165, 1.54) is 0 Å². The number of likely N-dealkylation sites (tertiary alicyclic amines) is 1. The standard InChI is InChI=1S/C18H25N3O4.ClH/c1-19-13-16(22)20-9-7-18(8-10-20)14-21(17(23)25-18)11-12-24-15-5-3-2-4-6-15;/h2-6,19H,7-14H2,1H3;1H. The first-order valence-electron chi connectivity index (χ1n) is 8.70. The minimum absolute atomic E-state index is 0. The van der Waals surface area contributed by atoms with Crippen molar-refractivity contribution in [2.45, 2.75) is 18.4 Å². The maximum Gasteiger partial charge on any atom is 0.410 e. The zero-order valence-corrected chi connectivity index (χ0v) is 15.8. The Morgan fingerprint density at radius 3 is 2.62 bits per heavy atom. The van der Waals surface area contributed by atoms with Crippen molar-refractivity contribution in [3.63, 3.8) is 0 Å². The van der Waals surface area contributed by atoms with Gasteiger partial charge in [0.25, 0.3) is 0 Å². The molecule has 0 radical (unpaired) electrons. The van der Waals surface area contributed by atoms with E-state index in [2.05, 4.69) is 5.32 Å². The van der Waals surface area contributed by atoms with E-state index in [1.54, 1.807) is 11.9 Å². The minimum Gasteiger partial charge on any atom is -0.492 e. The molecular formula is C18H26ClN3O4. The number of hydrogen-bond acceptors (Lipinski definition) is 5. The second-order valence-electron chi connectivity index (χ2n) is 6.55. The molecule has 26 heavy (non-hydrogen) atoms. The van der Waals surface area contributed by atoms with Gasteiger partial charge in [0.05, 0.1) is 19.6 Å². The number of halogens is 1. The van der Waals surface area contributed by atoms with E-state index in [4.69, 9.17) is 9.47 Å². The van der Waals surface area contributed by atoms with Crippen LogP contribution in [0.25, 0.3) is 0 Å². The monoisotopic (exact) mass is 383 g/mol. The highest BCUT2D eigenvalue weighted by Crippen LogP contribution is 2.33. The van der Waals surface area contributed by atoms with Gasteiger partial charge in [-0.05, 0) is 19.2 Å². The van der Waals surface area contributed by atoms with E-state index in [-0.39, 0.29) is 24.4 Å². The van der Waals surface area contributed by atoms with Crippen molar-refractivity contribution in [2.24, 2.45) is 0 Å². The highest BCUT2D eigenvalue weighted by atomic mass is 35.5. The third-order valence-corrected chi connectivity index (χ3v) is 4.77. The lowest BCUT2D eigenvalue weighted by Gasteiger charge is -2.37. The number of carbonyl (C=O) groups is 2. The number of hydrogen-bond donors (Lipinski definition) is 1. The number of carbonyl (C=O) groups excluding carboxylic acids is 2. The molecule has 0 aromatic heterocycles. The molecule has 8 heteroatoms. The van der Waals surface area contributed by atoms with Crippen molar-refractivity contribution in [3.05, 3.63) is 30.3 Å². The Morgan fingerprint density at radius 1 is 1.27 bits per heavy atom. The largest absolute Gasteiger partial charge is 0.492 e. The van der Waals surface area contributed by atoms with Gasteiger partial charge < -0.3 is 24.6 Å². The Hall–Kier alpha value is -1.99. The molecule has 1 N–H and O–H groups in total. The number of nitrogens with zero attached hydrogens (tertiary/aromatic N) is 2. The Bertz CT molecular complexity index is 606. The average molecular weight is 384 g/mol. The predicted molar refractivity (Wildman–Crippen MR) is 99.7 cm³/mol. The molecule has 2 heterocycles. The first kappa shape index (κ1) is 20.3. The smallest absolute Gasteiger partial charge is 0.410 e. The molecule has 0 bridgehead atoms. The predicted octanol–water partition coefficient (Wildman–Crippen LogP) is 1.52. The molecule has 0 unspecified atom stereocenters. The van der Waals surface area contributed by atoms with Crippen LogP contribution in [0, 0.1) is 0 Å². The Labute approximate surface area is 160 Å². The zero-order valence-electron chi connectivity index (χ0n) is 15.0. The topological polar surface area (TPSA) is 71.1 Å². The number of rotatable bonds is 6. The number of benzene rings is 1. The first-order chi connectivity index (χ1) is 12.1. The van der Waals surface area contributed by atoms with Gasteiger partial charge in [-0.25, -0.2) is 4.79 Å². The molecule has 7 nitrogen and oxygen atoms in total. The molecular weight excluding hydrogens is 358 g/mol. The van der Waals surface area contributed by atoms with Crippen LogP contribution >= 0.6 is 12.4 Å². The van der Waals surface area contributed by atoms with Crippen LogP contribution in [0.4, 0.5) is 4.79 Å². The SMILES string of the molecule is CNCC(=O)N1CCC2(CC1)CN(CCOc1ccccc1)C(=O)O2.Cl. The molecule has 2 aliphatic heterocycles. The van der Waals surface area contributed by atoms with E-state index in [0.717, 1.165) is 5.75 Å². The Kier molecular flexibility index (Phi) is 7.11. The van der Waals surface area contributed by atoms with Crippen LogP contribution in [0.5, 0.6) is 5.75 Å². The van der Waals surface area contributed by atoms with Gasteiger partial charge >= 0.3 is 6.09 Å². The zero-order chi connectivity index (χ0) is 17.7. The minimum atomic E-state index is -0.458. The summed E-state index contributed by atoms with van der Waals surface area (Å²) in [6.07, 6.45) is 1.08. The lowest BCUT2D eigenvalue weighted by molar-refractivity contribution is -0.133.